The molecule has 1 aliphatic carbocycles. The zero-order valence-corrected chi connectivity index (χ0v) is 7.54. The van der Waals surface area contributed by atoms with Crippen LogP contribution in [0.5, 0.6) is 0 Å². The lowest BCUT2D eigenvalue weighted by Crippen LogP contribution is -2.41. The lowest BCUT2D eigenvalue weighted by molar-refractivity contribution is -0.0184. The van der Waals surface area contributed by atoms with Gasteiger partial charge in [-0.2, -0.15) is 0 Å². The molecule has 1 heteroatoms. The third-order valence-electron chi connectivity index (χ3n) is 3.15. The van der Waals surface area contributed by atoms with Crippen molar-refractivity contribution in [1.29, 1.82) is 0 Å². The molecule has 0 amide bonds. The second-order valence-corrected chi connectivity index (χ2v) is 3.59. The normalized spacial score (nSPS) is 32.4. The van der Waals surface area contributed by atoms with Gasteiger partial charge in [0.15, 0.2) is 0 Å². The Labute approximate surface area is 73.0 Å². The fourth-order valence-electron chi connectivity index (χ4n) is 2.18. The fourth-order valence-corrected chi connectivity index (χ4v) is 2.18. The standard InChI is InChI=1S/C11H14O/c1-3-11(12)8(2)9-6-4-5-7-10(9)11/h4-8,12H,3H2,1-2H3/t8-,11-/m0/s1. The number of rotatable bonds is 1. The van der Waals surface area contributed by atoms with Crippen LogP contribution >= 0.6 is 0 Å². The Balaban J connectivity index is 2.50. The molecule has 1 N–H and O–H groups in total. The molecule has 1 aliphatic rings. The first kappa shape index (κ1) is 7.81. The summed E-state index contributed by atoms with van der Waals surface area (Å²) in [4.78, 5) is 0. The maximum Gasteiger partial charge on any atom is 0.0962 e. The van der Waals surface area contributed by atoms with Crippen LogP contribution in [0.25, 0.3) is 0 Å². The van der Waals surface area contributed by atoms with E-state index < -0.39 is 5.60 Å². The van der Waals surface area contributed by atoms with Crippen LogP contribution in [-0.2, 0) is 5.60 Å². The molecular weight excluding hydrogens is 148 g/mol. The Morgan fingerprint density at radius 3 is 2.75 bits per heavy atom. The quantitative estimate of drug-likeness (QED) is 0.672. The van der Waals surface area contributed by atoms with E-state index in [1.807, 2.05) is 25.1 Å². The summed E-state index contributed by atoms with van der Waals surface area (Å²) in [6.07, 6.45) is 0.811. The van der Waals surface area contributed by atoms with Crippen LogP contribution in [0, 0.1) is 0 Å². The van der Waals surface area contributed by atoms with E-state index in [4.69, 9.17) is 0 Å². The Bertz CT molecular complexity index is 306. The molecule has 12 heavy (non-hydrogen) atoms. The highest BCUT2D eigenvalue weighted by Crippen LogP contribution is 2.51. The maximum absolute atomic E-state index is 10.1. The molecule has 0 bridgehead atoms. The maximum atomic E-state index is 10.1. The molecule has 0 radical (unpaired) electrons. The Hall–Kier alpha value is -0.820. The average Bonchev–Trinajstić information content (AvgIpc) is 2.16. The molecule has 1 aromatic rings. The molecule has 2 rings (SSSR count). The minimum atomic E-state index is -0.545. The first-order valence-corrected chi connectivity index (χ1v) is 4.52. The van der Waals surface area contributed by atoms with Crippen LogP contribution in [0.15, 0.2) is 24.3 Å². The van der Waals surface area contributed by atoms with Crippen LogP contribution < -0.4 is 0 Å². The molecule has 0 aromatic heterocycles. The fraction of sp³-hybridized carbons (Fsp3) is 0.455. The van der Waals surface area contributed by atoms with Crippen molar-refractivity contribution in [3.63, 3.8) is 0 Å². The molecule has 1 aromatic carbocycles. The number of fused-ring (bicyclic) bond motifs is 1. The molecule has 0 saturated heterocycles. The lowest BCUT2D eigenvalue weighted by atomic mass is 9.64. The van der Waals surface area contributed by atoms with Crippen LogP contribution in [0.2, 0.25) is 0 Å². The largest absolute Gasteiger partial charge is 0.385 e. The van der Waals surface area contributed by atoms with Crippen LogP contribution in [0.1, 0.15) is 37.3 Å². The summed E-state index contributed by atoms with van der Waals surface area (Å²) in [5.74, 6) is 0.304. The Kier molecular flexibility index (Phi) is 1.52. The summed E-state index contributed by atoms with van der Waals surface area (Å²) in [5, 5.41) is 10.1. The monoisotopic (exact) mass is 162 g/mol. The van der Waals surface area contributed by atoms with Gasteiger partial charge in [0.1, 0.15) is 0 Å². The smallest absolute Gasteiger partial charge is 0.0962 e. The number of benzene rings is 1. The van der Waals surface area contributed by atoms with E-state index in [1.54, 1.807) is 0 Å². The zero-order valence-electron chi connectivity index (χ0n) is 7.54. The minimum Gasteiger partial charge on any atom is -0.385 e. The third kappa shape index (κ3) is 0.721. The van der Waals surface area contributed by atoms with Gasteiger partial charge in [-0.05, 0) is 17.5 Å². The second kappa shape index (κ2) is 2.33. The van der Waals surface area contributed by atoms with Crippen molar-refractivity contribution in [2.45, 2.75) is 31.8 Å². The SMILES string of the molecule is CC[C@@]1(O)c2ccccc2[C@@H]1C. The highest BCUT2D eigenvalue weighted by molar-refractivity contribution is 5.46. The molecule has 0 heterocycles. The van der Waals surface area contributed by atoms with Gasteiger partial charge >= 0.3 is 0 Å². The summed E-state index contributed by atoms with van der Waals surface area (Å²) < 4.78 is 0. The molecule has 0 spiro atoms. The zero-order chi connectivity index (χ0) is 8.77. The van der Waals surface area contributed by atoms with Gasteiger partial charge in [0.2, 0.25) is 0 Å². The molecule has 64 valence electrons. The molecule has 0 unspecified atom stereocenters. The van der Waals surface area contributed by atoms with E-state index >= 15 is 0 Å². The van der Waals surface area contributed by atoms with Crippen molar-refractivity contribution >= 4 is 0 Å². The average molecular weight is 162 g/mol. The van der Waals surface area contributed by atoms with Crippen LogP contribution in [0.3, 0.4) is 0 Å². The molecule has 0 aliphatic heterocycles. The summed E-state index contributed by atoms with van der Waals surface area (Å²) in [6, 6.07) is 8.15. The summed E-state index contributed by atoms with van der Waals surface area (Å²) >= 11 is 0. The highest BCUT2D eigenvalue weighted by atomic mass is 16.3. The van der Waals surface area contributed by atoms with E-state index in [0.717, 1.165) is 12.0 Å². The van der Waals surface area contributed by atoms with Crippen LogP contribution in [0.4, 0.5) is 0 Å². The second-order valence-electron chi connectivity index (χ2n) is 3.59. The van der Waals surface area contributed by atoms with Gasteiger partial charge in [-0.3, -0.25) is 0 Å². The Morgan fingerprint density at radius 2 is 2.08 bits per heavy atom. The topological polar surface area (TPSA) is 20.2 Å². The third-order valence-corrected chi connectivity index (χ3v) is 3.15. The van der Waals surface area contributed by atoms with E-state index in [2.05, 4.69) is 13.0 Å². The predicted octanol–water partition coefficient (Wildman–Crippen LogP) is 2.40. The van der Waals surface area contributed by atoms with Crippen molar-refractivity contribution in [1.82, 2.24) is 0 Å². The molecule has 2 atom stereocenters. The first-order chi connectivity index (χ1) is 5.70. The van der Waals surface area contributed by atoms with Gasteiger partial charge in [-0.1, -0.05) is 38.1 Å². The van der Waals surface area contributed by atoms with E-state index in [9.17, 15) is 5.11 Å². The molecule has 0 fully saturated rings. The molecular formula is C11H14O. The number of hydrogen-bond acceptors (Lipinski definition) is 1. The van der Waals surface area contributed by atoms with Crippen LogP contribution in [-0.4, -0.2) is 5.11 Å². The van der Waals surface area contributed by atoms with E-state index in [0.29, 0.717) is 5.92 Å². The molecule has 1 nitrogen and oxygen atoms in total. The summed E-state index contributed by atoms with van der Waals surface area (Å²) in [6.45, 7) is 4.12. The van der Waals surface area contributed by atoms with Gasteiger partial charge < -0.3 is 5.11 Å². The van der Waals surface area contributed by atoms with Crippen molar-refractivity contribution in [3.05, 3.63) is 35.4 Å². The minimum absolute atomic E-state index is 0.304. The highest BCUT2D eigenvalue weighted by Gasteiger charge is 2.45. The van der Waals surface area contributed by atoms with E-state index in [1.165, 1.54) is 5.56 Å². The predicted molar refractivity (Wildman–Crippen MR) is 49.0 cm³/mol. The number of hydrogen-bond donors (Lipinski definition) is 1. The lowest BCUT2D eigenvalue weighted by Gasteiger charge is -2.45. The van der Waals surface area contributed by atoms with E-state index in [-0.39, 0.29) is 0 Å². The van der Waals surface area contributed by atoms with Crippen molar-refractivity contribution in [2.24, 2.45) is 0 Å². The Morgan fingerprint density at radius 1 is 1.42 bits per heavy atom. The van der Waals surface area contributed by atoms with Gasteiger partial charge in [-0.25, -0.2) is 0 Å². The molecule has 0 saturated carbocycles. The summed E-state index contributed by atoms with van der Waals surface area (Å²) in [7, 11) is 0. The first-order valence-electron chi connectivity index (χ1n) is 4.52. The van der Waals surface area contributed by atoms with Crippen molar-refractivity contribution < 1.29 is 5.11 Å². The van der Waals surface area contributed by atoms with Gasteiger partial charge in [0.25, 0.3) is 0 Å². The van der Waals surface area contributed by atoms with Gasteiger partial charge in [0.05, 0.1) is 5.60 Å². The van der Waals surface area contributed by atoms with Gasteiger partial charge in [0, 0.05) is 5.92 Å². The van der Waals surface area contributed by atoms with Crippen molar-refractivity contribution in [2.75, 3.05) is 0 Å². The van der Waals surface area contributed by atoms with Gasteiger partial charge in [-0.15, -0.1) is 0 Å². The summed E-state index contributed by atoms with van der Waals surface area (Å²) in [5.41, 5.74) is 1.89. The van der Waals surface area contributed by atoms with Crippen molar-refractivity contribution in [3.8, 4) is 0 Å². The number of aliphatic hydroxyl groups is 1.